The fraction of sp³-hybridized carbons (Fsp3) is 0.800. The Hall–Kier alpha value is -3.45. The molecule has 0 spiro atoms. The number of hydrogen-bond acceptors (Lipinski definition) is 9. The number of nitrogens with zero attached hydrogens (tertiary/aromatic N) is 6. The second-order valence-corrected chi connectivity index (χ2v) is 12.5. The molecule has 1 aromatic rings. The fourth-order valence-electron chi connectivity index (χ4n) is 8.26. The summed E-state index contributed by atoms with van der Waals surface area (Å²) < 4.78 is 3.54. The Morgan fingerprint density at radius 3 is 0.881 bits per heavy atom. The minimum atomic E-state index is -1.17. The normalized spacial score (nSPS) is 23.2. The lowest BCUT2D eigenvalue weighted by atomic mass is 9.75. The predicted molar refractivity (Wildman–Crippen MR) is 155 cm³/mol. The van der Waals surface area contributed by atoms with E-state index in [0.29, 0.717) is 77.0 Å². The first-order chi connectivity index (χ1) is 20.2. The van der Waals surface area contributed by atoms with E-state index in [9.17, 15) is 28.8 Å². The van der Waals surface area contributed by atoms with E-state index in [-0.39, 0.29) is 0 Å². The van der Waals surface area contributed by atoms with Gasteiger partial charge in [0.25, 0.3) is 0 Å². The Balaban J connectivity index is 2.24. The Morgan fingerprint density at radius 1 is 0.476 bits per heavy atom. The molecule has 12 heteroatoms. The van der Waals surface area contributed by atoms with Crippen molar-refractivity contribution in [2.45, 2.75) is 152 Å². The maximum absolute atomic E-state index is 14.8. The van der Waals surface area contributed by atoms with Crippen LogP contribution in [0.1, 0.15) is 117 Å². The van der Waals surface area contributed by atoms with Crippen molar-refractivity contribution in [3.05, 3.63) is 31.5 Å². The molecule has 42 heavy (non-hydrogen) atoms. The predicted octanol–water partition coefficient (Wildman–Crippen LogP) is 3.32. The zero-order chi connectivity index (χ0) is 30.5. The summed E-state index contributed by atoms with van der Waals surface area (Å²) in [5, 5.41) is 0. The lowest BCUT2D eigenvalue weighted by Crippen LogP contribution is -2.70. The van der Waals surface area contributed by atoms with E-state index in [1.54, 1.807) is 39.0 Å². The summed E-state index contributed by atoms with van der Waals surface area (Å²) in [5.41, 5.74) is -5.82. The largest absolute Gasteiger partial charge is 0.337 e. The number of rotatable bonds is 9. The molecule has 4 rings (SSSR count). The van der Waals surface area contributed by atoms with E-state index >= 15 is 0 Å². The third-order valence-electron chi connectivity index (χ3n) is 10.7. The Kier molecular flexibility index (Phi) is 9.61. The van der Waals surface area contributed by atoms with Gasteiger partial charge in [-0.05, 0) is 59.3 Å². The average Bonchev–Trinajstić information content (AvgIpc) is 2.99. The summed E-state index contributed by atoms with van der Waals surface area (Å²) in [5.74, 6) is 0. The first-order valence-corrected chi connectivity index (χ1v) is 15.4. The van der Waals surface area contributed by atoms with E-state index in [4.69, 9.17) is 0 Å². The van der Waals surface area contributed by atoms with Crippen LogP contribution in [0.25, 0.3) is 0 Å². The molecule has 0 aliphatic heterocycles. The molecule has 3 aliphatic carbocycles. The fourth-order valence-corrected chi connectivity index (χ4v) is 8.26. The van der Waals surface area contributed by atoms with Crippen molar-refractivity contribution in [2.24, 2.45) is 15.0 Å². The molecular weight excluding hydrogens is 540 g/mol. The molecule has 3 saturated carbocycles. The highest BCUT2D eigenvalue weighted by molar-refractivity contribution is 5.35. The van der Waals surface area contributed by atoms with Crippen molar-refractivity contribution >= 4 is 18.2 Å². The van der Waals surface area contributed by atoms with Gasteiger partial charge in [0.2, 0.25) is 18.2 Å². The highest BCUT2D eigenvalue weighted by atomic mass is 16.2. The highest BCUT2D eigenvalue weighted by Gasteiger charge is 2.51. The minimum absolute atomic E-state index is 0.413. The van der Waals surface area contributed by atoms with Crippen LogP contribution in [0.5, 0.6) is 0 Å². The number of aliphatic imine (C=N–C) groups is 3. The number of aromatic nitrogens is 3. The van der Waals surface area contributed by atoms with Crippen LogP contribution in [0.2, 0.25) is 0 Å². The molecule has 0 radical (unpaired) electrons. The summed E-state index contributed by atoms with van der Waals surface area (Å²) in [6.07, 6.45) is 14.3. The first kappa shape index (κ1) is 31.5. The van der Waals surface area contributed by atoms with Crippen LogP contribution < -0.4 is 17.1 Å². The van der Waals surface area contributed by atoms with Crippen LogP contribution in [0, 0.1) is 0 Å². The van der Waals surface area contributed by atoms with Crippen molar-refractivity contribution in [1.29, 1.82) is 0 Å². The van der Waals surface area contributed by atoms with Crippen molar-refractivity contribution in [1.82, 2.24) is 13.7 Å². The van der Waals surface area contributed by atoms with E-state index < -0.39 is 51.8 Å². The van der Waals surface area contributed by atoms with Gasteiger partial charge in [0.05, 0.1) is 34.7 Å². The van der Waals surface area contributed by atoms with Gasteiger partial charge < -0.3 is 0 Å². The van der Waals surface area contributed by atoms with Gasteiger partial charge in [0, 0.05) is 0 Å². The van der Waals surface area contributed by atoms with Gasteiger partial charge in [-0.15, -0.1) is 0 Å². The first-order valence-electron chi connectivity index (χ1n) is 15.4. The van der Waals surface area contributed by atoms with Gasteiger partial charge >= 0.3 is 17.1 Å². The quantitative estimate of drug-likeness (QED) is 0.321. The monoisotopic (exact) mass is 582 g/mol. The van der Waals surface area contributed by atoms with Crippen molar-refractivity contribution in [2.75, 3.05) is 0 Å². The molecule has 12 nitrogen and oxygen atoms in total. The van der Waals surface area contributed by atoms with Crippen LogP contribution in [0.4, 0.5) is 0 Å². The van der Waals surface area contributed by atoms with Crippen LogP contribution in [-0.4, -0.2) is 50.1 Å². The lowest BCUT2D eigenvalue weighted by molar-refractivity contribution is 0.0787. The summed E-state index contributed by atoms with van der Waals surface area (Å²) in [7, 11) is 0. The number of isocyanates is 3. The van der Waals surface area contributed by atoms with Gasteiger partial charge in [-0.2, -0.15) is 0 Å². The molecule has 0 bridgehead atoms. The molecule has 3 atom stereocenters. The Bertz CT molecular complexity index is 1260. The zero-order valence-electron chi connectivity index (χ0n) is 25.0. The third kappa shape index (κ3) is 5.06. The molecule has 1 aromatic heterocycles. The molecule has 3 unspecified atom stereocenters. The smallest absolute Gasteiger partial charge is 0.247 e. The zero-order valence-corrected chi connectivity index (χ0v) is 25.0. The number of hydrogen-bond donors (Lipinski definition) is 0. The molecule has 3 aliphatic rings. The van der Waals surface area contributed by atoms with Crippen molar-refractivity contribution in [3.8, 4) is 0 Å². The van der Waals surface area contributed by atoms with E-state index in [1.807, 2.05) is 0 Å². The molecule has 0 saturated heterocycles. The average molecular weight is 583 g/mol. The highest BCUT2D eigenvalue weighted by Crippen LogP contribution is 2.42. The Labute approximate surface area is 244 Å². The Morgan fingerprint density at radius 2 is 0.690 bits per heavy atom. The standard InChI is InChI=1S/C30H42N6O6/c1-22(31-19-37)28(13-7-4-8-14-28)34-25(40)35(29(23(2)32-20-38)15-9-5-10-16-29)27(42)36(26(34)41)30(24(3)33-21-39)17-11-6-12-18-30/h22-24H,4-18H2,1-3H3. The molecule has 3 fully saturated rings. The summed E-state index contributed by atoms with van der Waals surface area (Å²) >= 11 is 0. The second-order valence-electron chi connectivity index (χ2n) is 12.5. The molecule has 1 heterocycles. The molecule has 228 valence electrons. The molecular formula is C30H42N6O6. The molecule has 0 N–H and O–H groups in total. The molecule has 0 aromatic carbocycles. The van der Waals surface area contributed by atoms with Gasteiger partial charge in [0.15, 0.2) is 0 Å². The second kappa shape index (κ2) is 12.8. The van der Waals surface area contributed by atoms with Crippen LogP contribution in [0.15, 0.2) is 29.4 Å². The van der Waals surface area contributed by atoms with Gasteiger partial charge in [-0.25, -0.2) is 57.4 Å². The maximum Gasteiger partial charge on any atom is 0.337 e. The van der Waals surface area contributed by atoms with E-state index in [0.717, 1.165) is 19.3 Å². The van der Waals surface area contributed by atoms with Gasteiger partial charge in [-0.1, -0.05) is 57.8 Å². The van der Waals surface area contributed by atoms with Gasteiger partial charge in [-0.3, -0.25) is 0 Å². The number of carbonyl (C=O) groups excluding carboxylic acids is 3. The van der Waals surface area contributed by atoms with Crippen LogP contribution in [0.3, 0.4) is 0 Å². The van der Waals surface area contributed by atoms with Gasteiger partial charge in [0.1, 0.15) is 0 Å². The van der Waals surface area contributed by atoms with Crippen LogP contribution >= 0.6 is 0 Å². The van der Waals surface area contributed by atoms with Crippen molar-refractivity contribution < 1.29 is 14.4 Å². The third-order valence-corrected chi connectivity index (χ3v) is 10.7. The minimum Gasteiger partial charge on any atom is -0.247 e. The van der Waals surface area contributed by atoms with Crippen molar-refractivity contribution in [3.63, 3.8) is 0 Å². The lowest BCUT2D eigenvalue weighted by Gasteiger charge is -2.47. The van der Waals surface area contributed by atoms with E-state index in [2.05, 4.69) is 15.0 Å². The summed E-state index contributed by atoms with van der Waals surface area (Å²) in [6, 6.07) is -2.29. The van der Waals surface area contributed by atoms with E-state index in [1.165, 1.54) is 13.7 Å². The molecule has 0 amide bonds. The van der Waals surface area contributed by atoms with Crippen LogP contribution in [-0.2, 0) is 31.0 Å². The topological polar surface area (TPSA) is 154 Å². The summed E-state index contributed by atoms with van der Waals surface area (Å²) in [4.78, 5) is 91.0. The summed E-state index contributed by atoms with van der Waals surface area (Å²) in [6.45, 7) is 5.10. The SMILES string of the molecule is CC(N=C=O)C1(n2c(=O)n(C3(C(C)N=C=O)CCCCC3)c(=O)n(C3(C(C)N=C=O)CCCCC3)c2=O)CCCCC1. The maximum atomic E-state index is 14.8.